The number of hydrogen-bond donors (Lipinski definition) is 2. The number of hydrogen-bond acceptors (Lipinski definition) is 3. The molecule has 0 spiro atoms. The summed E-state index contributed by atoms with van der Waals surface area (Å²) in [5.41, 5.74) is 0.667. The van der Waals surface area contributed by atoms with E-state index in [1.165, 1.54) is 12.8 Å². The molecule has 5 heteroatoms. The molecule has 1 heterocycles. The smallest absolute Gasteiger partial charge is 0.319 e. The number of pyridine rings is 1. The Hall–Kier alpha value is -2.56. The van der Waals surface area contributed by atoms with E-state index in [0.717, 1.165) is 36.8 Å². The number of ether oxygens (including phenoxy) is 1. The van der Waals surface area contributed by atoms with E-state index in [9.17, 15) is 4.79 Å². The average Bonchev–Trinajstić information content (AvgIpc) is 3.30. The first-order valence-corrected chi connectivity index (χ1v) is 9.40. The topological polar surface area (TPSA) is 63.2 Å². The zero-order valence-corrected chi connectivity index (χ0v) is 15.1. The van der Waals surface area contributed by atoms with E-state index in [2.05, 4.69) is 22.5 Å². The molecule has 0 radical (unpaired) electrons. The Kier molecular flexibility index (Phi) is 4.53. The first-order chi connectivity index (χ1) is 12.6. The van der Waals surface area contributed by atoms with Crippen LogP contribution in [-0.2, 0) is 0 Å². The summed E-state index contributed by atoms with van der Waals surface area (Å²) in [6.45, 7) is 2.29. The number of para-hydroxylation sites is 1. The summed E-state index contributed by atoms with van der Waals surface area (Å²) in [6.07, 6.45) is 7.42. The van der Waals surface area contributed by atoms with Gasteiger partial charge in [0, 0.05) is 11.6 Å². The van der Waals surface area contributed by atoms with E-state index in [0.29, 0.717) is 11.6 Å². The van der Waals surface area contributed by atoms with E-state index in [4.69, 9.17) is 4.74 Å². The lowest BCUT2D eigenvalue weighted by molar-refractivity contribution is 0.165. The van der Waals surface area contributed by atoms with Crippen LogP contribution in [0, 0.1) is 11.8 Å². The number of urea groups is 1. The Morgan fingerprint density at radius 1 is 1.23 bits per heavy atom. The average molecular weight is 351 g/mol. The van der Waals surface area contributed by atoms with Crippen molar-refractivity contribution in [2.24, 2.45) is 11.8 Å². The Labute approximate surface area is 154 Å². The van der Waals surface area contributed by atoms with Crippen LogP contribution < -0.4 is 15.4 Å². The number of carbonyl (C=O) groups is 1. The van der Waals surface area contributed by atoms with Crippen LogP contribution in [0.15, 0.2) is 48.7 Å². The van der Waals surface area contributed by atoms with Crippen LogP contribution in [0.25, 0.3) is 0 Å². The Bertz CT molecular complexity index is 757. The fraction of sp³-hybridized carbons (Fsp3) is 0.429. The lowest BCUT2D eigenvalue weighted by atomic mass is 9.73. The molecule has 2 saturated carbocycles. The molecule has 5 nitrogen and oxygen atoms in total. The normalized spacial score (nSPS) is 22.8. The fourth-order valence-electron chi connectivity index (χ4n) is 3.70. The van der Waals surface area contributed by atoms with Gasteiger partial charge in [-0.2, -0.15) is 0 Å². The minimum atomic E-state index is -0.142. The third kappa shape index (κ3) is 3.98. The zero-order chi connectivity index (χ0) is 18.0. The summed E-state index contributed by atoms with van der Waals surface area (Å²) in [7, 11) is 0. The number of anilines is 1. The van der Waals surface area contributed by atoms with Crippen molar-refractivity contribution < 1.29 is 9.53 Å². The summed E-state index contributed by atoms with van der Waals surface area (Å²) in [5, 5.41) is 6.11. The predicted molar refractivity (Wildman–Crippen MR) is 101 cm³/mol. The number of benzene rings is 1. The van der Waals surface area contributed by atoms with Crippen molar-refractivity contribution >= 4 is 11.7 Å². The Morgan fingerprint density at radius 3 is 2.58 bits per heavy atom. The lowest BCUT2D eigenvalue weighted by Crippen LogP contribution is -2.55. The van der Waals surface area contributed by atoms with Crippen LogP contribution in [0.2, 0.25) is 0 Å². The van der Waals surface area contributed by atoms with E-state index < -0.39 is 0 Å². The van der Waals surface area contributed by atoms with Gasteiger partial charge in [0.25, 0.3) is 0 Å². The molecule has 136 valence electrons. The van der Waals surface area contributed by atoms with Crippen molar-refractivity contribution in [2.75, 3.05) is 5.32 Å². The molecule has 0 bridgehead atoms. The highest BCUT2D eigenvalue weighted by Gasteiger charge is 2.45. The maximum atomic E-state index is 12.4. The molecule has 2 aromatic rings. The molecule has 2 N–H and O–H groups in total. The van der Waals surface area contributed by atoms with Crippen molar-refractivity contribution in [3.63, 3.8) is 0 Å². The van der Waals surface area contributed by atoms with Gasteiger partial charge in [0.05, 0.1) is 11.9 Å². The summed E-state index contributed by atoms with van der Waals surface area (Å²) in [4.78, 5) is 16.7. The second-order valence-electron chi connectivity index (χ2n) is 7.69. The minimum Gasteiger partial charge on any atom is -0.439 e. The van der Waals surface area contributed by atoms with Gasteiger partial charge >= 0.3 is 6.03 Å². The van der Waals surface area contributed by atoms with Crippen molar-refractivity contribution in [3.8, 4) is 11.6 Å². The van der Waals surface area contributed by atoms with Gasteiger partial charge in [-0.15, -0.1) is 0 Å². The van der Waals surface area contributed by atoms with Crippen LogP contribution in [0.4, 0.5) is 10.5 Å². The molecular formula is C21H25N3O2. The predicted octanol–water partition coefficient (Wildman–Crippen LogP) is 4.96. The van der Waals surface area contributed by atoms with Gasteiger partial charge in [0.2, 0.25) is 5.88 Å². The highest BCUT2D eigenvalue weighted by atomic mass is 16.5. The number of aromatic nitrogens is 1. The molecule has 1 aromatic carbocycles. The zero-order valence-electron chi connectivity index (χ0n) is 15.1. The summed E-state index contributed by atoms with van der Waals surface area (Å²) in [5.74, 6) is 2.84. The van der Waals surface area contributed by atoms with Crippen LogP contribution in [0.3, 0.4) is 0 Å². The third-order valence-electron chi connectivity index (χ3n) is 5.58. The van der Waals surface area contributed by atoms with E-state index in [-0.39, 0.29) is 11.6 Å². The summed E-state index contributed by atoms with van der Waals surface area (Å²) >= 11 is 0. The van der Waals surface area contributed by atoms with Gasteiger partial charge in [-0.25, -0.2) is 9.78 Å². The van der Waals surface area contributed by atoms with Gasteiger partial charge < -0.3 is 15.4 Å². The number of nitrogens with one attached hydrogen (secondary N) is 2. The molecule has 2 aliphatic carbocycles. The largest absolute Gasteiger partial charge is 0.439 e. The Balaban J connectivity index is 1.31. The first-order valence-electron chi connectivity index (χ1n) is 9.40. The van der Waals surface area contributed by atoms with E-state index in [1.54, 1.807) is 18.3 Å². The van der Waals surface area contributed by atoms with Gasteiger partial charge in [-0.1, -0.05) is 25.1 Å². The molecule has 26 heavy (non-hydrogen) atoms. The van der Waals surface area contributed by atoms with Gasteiger partial charge in [-0.3, -0.25) is 0 Å². The molecule has 0 saturated heterocycles. The standard InChI is InChI=1S/C21H25N3O2/c1-15-12-16(15)13-21(10-5-11-21)24-20(25)23-17-8-9-19(22-14-17)26-18-6-3-2-4-7-18/h2-4,6-9,14-16H,5,10-13H2,1H3,(H2,23,24,25)/t15-,16?/m0/s1. The summed E-state index contributed by atoms with van der Waals surface area (Å²) < 4.78 is 5.67. The second-order valence-corrected chi connectivity index (χ2v) is 7.69. The van der Waals surface area contributed by atoms with Crippen molar-refractivity contribution in [1.29, 1.82) is 0 Å². The maximum absolute atomic E-state index is 12.4. The summed E-state index contributed by atoms with van der Waals surface area (Å²) in [6, 6.07) is 12.9. The van der Waals surface area contributed by atoms with E-state index >= 15 is 0 Å². The van der Waals surface area contributed by atoms with Crippen LogP contribution in [0.5, 0.6) is 11.6 Å². The molecule has 4 rings (SSSR count). The highest BCUT2D eigenvalue weighted by Crippen LogP contribution is 2.48. The number of carbonyl (C=O) groups excluding carboxylic acids is 1. The molecule has 0 aliphatic heterocycles. The van der Waals surface area contributed by atoms with Gasteiger partial charge in [-0.05, 0) is 62.1 Å². The molecule has 2 aliphatic rings. The monoisotopic (exact) mass is 351 g/mol. The van der Waals surface area contributed by atoms with Crippen molar-refractivity contribution in [3.05, 3.63) is 48.7 Å². The molecule has 2 fully saturated rings. The van der Waals surface area contributed by atoms with E-state index in [1.807, 2.05) is 30.3 Å². The first kappa shape index (κ1) is 16.9. The fourth-order valence-corrected chi connectivity index (χ4v) is 3.70. The van der Waals surface area contributed by atoms with Crippen LogP contribution in [0.1, 0.15) is 39.0 Å². The number of rotatable bonds is 6. The molecule has 2 amide bonds. The van der Waals surface area contributed by atoms with Crippen LogP contribution in [-0.4, -0.2) is 16.6 Å². The van der Waals surface area contributed by atoms with Gasteiger partial charge in [0.1, 0.15) is 5.75 Å². The number of amides is 2. The Morgan fingerprint density at radius 2 is 2.00 bits per heavy atom. The quantitative estimate of drug-likeness (QED) is 0.773. The maximum Gasteiger partial charge on any atom is 0.319 e. The number of nitrogens with zero attached hydrogens (tertiary/aromatic N) is 1. The molecule has 2 atom stereocenters. The lowest BCUT2D eigenvalue weighted by Gasteiger charge is -2.43. The molecular weight excluding hydrogens is 326 g/mol. The highest BCUT2D eigenvalue weighted by molar-refractivity contribution is 5.89. The minimum absolute atomic E-state index is 0.00327. The molecule has 1 unspecified atom stereocenters. The second kappa shape index (κ2) is 6.98. The van der Waals surface area contributed by atoms with Gasteiger partial charge in [0.15, 0.2) is 0 Å². The molecule has 1 aromatic heterocycles. The SMILES string of the molecule is C[C@H]1CC1CC1(NC(=O)Nc2ccc(Oc3ccccc3)nc2)CCC1. The van der Waals surface area contributed by atoms with Crippen molar-refractivity contribution in [2.45, 2.75) is 44.6 Å². The van der Waals surface area contributed by atoms with Crippen LogP contribution >= 0.6 is 0 Å². The van der Waals surface area contributed by atoms with Crippen molar-refractivity contribution in [1.82, 2.24) is 10.3 Å². The third-order valence-corrected chi connectivity index (χ3v) is 5.58.